The fourth-order valence-corrected chi connectivity index (χ4v) is 4.38. The smallest absolute Gasteiger partial charge is 0.307 e. The minimum Gasteiger partial charge on any atom is -0.481 e. The summed E-state index contributed by atoms with van der Waals surface area (Å²) >= 11 is 6.23. The highest BCUT2D eigenvalue weighted by Crippen LogP contribution is 2.35. The van der Waals surface area contributed by atoms with Gasteiger partial charge >= 0.3 is 5.97 Å². The molecule has 0 radical (unpaired) electrons. The number of hydrogen-bond acceptors (Lipinski definition) is 4. The minimum atomic E-state index is -0.917. The van der Waals surface area contributed by atoms with Crippen molar-refractivity contribution in [2.45, 2.75) is 50.8 Å². The molecule has 4 rings (SSSR count). The molecule has 0 saturated carbocycles. The van der Waals surface area contributed by atoms with Crippen molar-refractivity contribution in [3.05, 3.63) is 106 Å². The molecule has 1 aliphatic rings. The highest BCUT2D eigenvalue weighted by molar-refractivity contribution is 6.31. The average Bonchev–Trinajstić information content (AvgIpc) is 2.85. The van der Waals surface area contributed by atoms with E-state index in [0.717, 1.165) is 23.1 Å². The van der Waals surface area contributed by atoms with Gasteiger partial charge in [-0.05, 0) is 28.3 Å². The van der Waals surface area contributed by atoms with Gasteiger partial charge in [0, 0.05) is 17.9 Å². The molecule has 178 valence electrons. The Hall–Kier alpha value is -2.70. The largest absolute Gasteiger partial charge is 0.481 e. The first kappa shape index (κ1) is 24.4. The molecule has 1 N–H and O–H groups in total. The number of aliphatic carboxylic acids is 1. The fourth-order valence-electron chi connectivity index (χ4n) is 4.19. The van der Waals surface area contributed by atoms with Crippen LogP contribution in [0, 0.1) is 0 Å². The third kappa shape index (κ3) is 7.15. The molecule has 1 heterocycles. The van der Waals surface area contributed by atoms with Crippen molar-refractivity contribution in [2.75, 3.05) is 6.61 Å². The molecule has 6 heteroatoms. The molecule has 0 aromatic heterocycles. The Labute approximate surface area is 205 Å². The summed E-state index contributed by atoms with van der Waals surface area (Å²) in [5, 5.41) is 9.67. The summed E-state index contributed by atoms with van der Waals surface area (Å²) in [6.07, 6.45) is 0.898. The third-order valence-electron chi connectivity index (χ3n) is 5.89. The first-order valence-electron chi connectivity index (χ1n) is 11.5. The molecule has 3 aromatic carbocycles. The normalized spacial score (nSPS) is 20.2. The Bertz CT molecular complexity index is 1060. The molecule has 3 aromatic rings. The third-order valence-corrected chi connectivity index (χ3v) is 6.26. The Morgan fingerprint density at radius 1 is 0.941 bits per heavy atom. The molecular formula is C28H29ClO5. The van der Waals surface area contributed by atoms with Crippen LogP contribution in [-0.4, -0.2) is 29.9 Å². The average molecular weight is 481 g/mol. The van der Waals surface area contributed by atoms with Crippen LogP contribution in [0.1, 0.15) is 41.2 Å². The summed E-state index contributed by atoms with van der Waals surface area (Å²) in [7, 11) is 0. The van der Waals surface area contributed by atoms with E-state index in [1.807, 2.05) is 60.7 Å². The number of carbonyl (C=O) groups is 1. The number of benzene rings is 3. The van der Waals surface area contributed by atoms with Crippen LogP contribution in [-0.2, 0) is 38.6 Å². The highest BCUT2D eigenvalue weighted by atomic mass is 35.5. The lowest BCUT2D eigenvalue weighted by Crippen LogP contribution is -2.35. The van der Waals surface area contributed by atoms with Gasteiger partial charge in [0.05, 0.1) is 44.6 Å². The molecule has 34 heavy (non-hydrogen) atoms. The van der Waals surface area contributed by atoms with Crippen molar-refractivity contribution < 1.29 is 24.1 Å². The molecule has 1 saturated heterocycles. The Kier molecular flexibility index (Phi) is 8.72. The molecular weight excluding hydrogens is 452 g/mol. The van der Waals surface area contributed by atoms with Crippen LogP contribution in [0.2, 0.25) is 5.02 Å². The zero-order chi connectivity index (χ0) is 23.8. The second kappa shape index (κ2) is 12.1. The fraction of sp³-hybridized carbons (Fsp3) is 0.321. The number of halogens is 1. The number of carboxylic acid groups (broad SMARTS) is 1. The van der Waals surface area contributed by atoms with E-state index >= 15 is 0 Å². The van der Waals surface area contributed by atoms with Gasteiger partial charge in [-0.15, -0.1) is 0 Å². The summed E-state index contributed by atoms with van der Waals surface area (Å²) in [6.45, 7) is 1.50. The van der Waals surface area contributed by atoms with Crippen molar-refractivity contribution in [2.24, 2.45) is 0 Å². The number of ether oxygens (including phenoxy) is 3. The monoisotopic (exact) mass is 480 g/mol. The highest BCUT2D eigenvalue weighted by Gasteiger charge is 2.31. The van der Waals surface area contributed by atoms with Crippen LogP contribution in [0.25, 0.3) is 0 Å². The van der Waals surface area contributed by atoms with E-state index in [4.69, 9.17) is 25.8 Å². The molecule has 0 amide bonds. The van der Waals surface area contributed by atoms with E-state index in [0.29, 0.717) is 36.8 Å². The topological polar surface area (TPSA) is 65.0 Å². The van der Waals surface area contributed by atoms with Gasteiger partial charge in [0.2, 0.25) is 0 Å². The predicted molar refractivity (Wildman–Crippen MR) is 131 cm³/mol. The van der Waals surface area contributed by atoms with Crippen LogP contribution in [0.5, 0.6) is 0 Å². The Morgan fingerprint density at radius 2 is 1.62 bits per heavy atom. The maximum Gasteiger partial charge on any atom is 0.307 e. The first-order chi connectivity index (χ1) is 16.6. The molecule has 3 atom stereocenters. The first-order valence-corrected chi connectivity index (χ1v) is 11.9. The SMILES string of the molecule is O=C(O)Cc1cc(C2CC(OCc3ccccc3)CC(COCc3ccccc3)O2)ccc1Cl. The standard InChI is InChI=1S/C28H29ClO5/c29-26-12-11-22(13-23(26)14-28(30)31)27-16-24(33-18-21-9-5-2-6-10-21)15-25(34-27)19-32-17-20-7-3-1-4-8-20/h1-13,24-25,27H,14-19H2,(H,30,31). The second-order valence-electron chi connectivity index (χ2n) is 8.56. The van der Waals surface area contributed by atoms with Crippen molar-refractivity contribution in [3.8, 4) is 0 Å². The van der Waals surface area contributed by atoms with E-state index in [9.17, 15) is 9.90 Å². The Balaban J connectivity index is 1.45. The zero-order valence-electron chi connectivity index (χ0n) is 18.9. The van der Waals surface area contributed by atoms with E-state index in [-0.39, 0.29) is 24.7 Å². The van der Waals surface area contributed by atoms with Crippen molar-refractivity contribution in [1.82, 2.24) is 0 Å². The molecule has 1 aliphatic heterocycles. The Morgan fingerprint density at radius 3 is 2.29 bits per heavy atom. The lowest BCUT2D eigenvalue weighted by Gasteiger charge is -2.36. The van der Waals surface area contributed by atoms with Crippen LogP contribution in [0.4, 0.5) is 0 Å². The molecule has 0 spiro atoms. The summed E-state index contributed by atoms with van der Waals surface area (Å²) < 4.78 is 18.6. The van der Waals surface area contributed by atoms with E-state index in [1.165, 1.54) is 0 Å². The van der Waals surface area contributed by atoms with Gasteiger partial charge in [0.25, 0.3) is 0 Å². The summed E-state index contributed by atoms with van der Waals surface area (Å²) in [6, 6.07) is 25.6. The van der Waals surface area contributed by atoms with Gasteiger partial charge in [0.15, 0.2) is 0 Å². The van der Waals surface area contributed by atoms with Crippen LogP contribution >= 0.6 is 11.6 Å². The number of rotatable bonds is 10. The van der Waals surface area contributed by atoms with Gasteiger partial charge < -0.3 is 19.3 Å². The number of hydrogen-bond donors (Lipinski definition) is 1. The minimum absolute atomic E-state index is 0.0112. The van der Waals surface area contributed by atoms with Gasteiger partial charge in [0.1, 0.15) is 0 Å². The van der Waals surface area contributed by atoms with Gasteiger partial charge in [-0.1, -0.05) is 84.4 Å². The van der Waals surface area contributed by atoms with E-state index in [1.54, 1.807) is 6.07 Å². The van der Waals surface area contributed by atoms with Crippen molar-refractivity contribution in [1.29, 1.82) is 0 Å². The van der Waals surface area contributed by atoms with Gasteiger partial charge in [-0.2, -0.15) is 0 Å². The van der Waals surface area contributed by atoms with Gasteiger partial charge in [-0.25, -0.2) is 0 Å². The zero-order valence-corrected chi connectivity index (χ0v) is 19.7. The maximum atomic E-state index is 11.2. The van der Waals surface area contributed by atoms with Crippen LogP contribution in [0.3, 0.4) is 0 Å². The molecule has 0 bridgehead atoms. The van der Waals surface area contributed by atoms with Gasteiger partial charge in [-0.3, -0.25) is 4.79 Å². The van der Waals surface area contributed by atoms with E-state index < -0.39 is 5.97 Å². The molecule has 0 aliphatic carbocycles. The number of carboxylic acids is 1. The lowest BCUT2D eigenvalue weighted by atomic mass is 9.94. The maximum absolute atomic E-state index is 11.2. The van der Waals surface area contributed by atoms with Crippen LogP contribution < -0.4 is 0 Å². The van der Waals surface area contributed by atoms with E-state index in [2.05, 4.69) is 12.1 Å². The molecule has 5 nitrogen and oxygen atoms in total. The van der Waals surface area contributed by atoms with Crippen molar-refractivity contribution >= 4 is 17.6 Å². The lowest BCUT2D eigenvalue weighted by molar-refractivity contribution is -0.142. The molecule has 1 fully saturated rings. The summed E-state index contributed by atoms with van der Waals surface area (Å²) in [5.41, 5.74) is 3.72. The van der Waals surface area contributed by atoms with Crippen LogP contribution in [0.15, 0.2) is 78.9 Å². The second-order valence-corrected chi connectivity index (χ2v) is 8.97. The predicted octanol–water partition coefficient (Wildman–Crippen LogP) is 5.99. The summed E-state index contributed by atoms with van der Waals surface area (Å²) in [4.78, 5) is 11.2. The quantitative estimate of drug-likeness (QED) is 0.386. The van der Waals surface area contributed by atoms with Crippen molar-refractivity contribution in [3.63, 3.8) is 0 Å². The molecule has 3 unspecified atom stereocenters. The summed E-state index contributed by atoms with van der Waals surface area (Å²) in [5.74, 6) is -0.917.